The van der Waals surface area contributed by atoms with Gasteiger partial charge in [0.1, 0.15) is 5.75 Å². The van der Waals surface area contributed by atoms with Crippen LogP contribution in [0.2, 0.25) is 0 Å². The Labute approximate surface area is 134 Å². The van der Waals surface area contributed by atoms with Crippen LogP contribution in [0, 0.1) is 27.7 Å². The van der Waals surface area contributed by atoms with Crippen LogP contribution in [0.4, 0.5) is 4.79 Å². The molecule has 0 saturated heterocycles. The molecule has 1 aromatic heterocycles. The minimum Gasteiger partial charge on any atom is -0.410 e. The van der Waals surface area contributed by atoms with Gasteiger partial charge in [-0.25, -0.2) is 14.8 Å². The van der Waals surface area contributed by atoms with E-state index in [1.54, 1.807) is 0 Å². The number of benzene rings is 1. The van der Waals surface area contributed by atoms with E-state index in [2.05, 4.69) is 15.3 Å². The van der Waals surface area contributed by atoms with Crippen molar-refractivity contribution in [2.24, 2.45) is 0 Å². The van der Waals surface area contributed by atoms with E-state index in [-0.39, 0.29) is 0 Å². The summed E-state index contributed by atoms with van der Waals surface area (Å²) in [4.78, 5) is 21.3. The van der Waals surface area contributed by atoms with Gasteiger partial charge in [0.25, 0.3) is 0 Å². The maximum absolute atomic E-state index is 11.3. The molecule has 0 aliphatic carbocycles. The van der Waals surface area contributed by atoms with Crippen LogP contribution in [0.5, 0.6) is 5.75 Å². The molecule has 0 unspecified atom stereocenters. The van der Waals surface area contributed by atoms with Gasteiger partial charge in [-0.2, -0.15) is 0 Å². The molecule has 0 aliphatic rings. The summed E-state index contributed by atoms with van der Waals surface area (Å²) in [6.45, 7) is 7.88. The highest BCUT2D eigenvalue weighted by molar-refractivity contribution is 7.99. The predicted octanol–water partition coefficient (Wildman–Crippen LogP) is 3.58. The maximum Gasteiger partial charge on any atom is 0.412 e. The van der Waals surface area contributed by atoms with E-state index >= 15 is 0 Å². The normalized spacial score (nSPS) is 10.4. The molecule has 1 aromatic carbocycles. The summed E-state index contributed by atoms with van der Waals surface area (Å²) in [7, 11) is 1.53. The second-order valence-corrected chi connectivity index (χ2v) is 6.04. The zero-order valence-electron chi connectivity index (χ0n) is 13.4. The monoisotopic (exact) mass is 317 g/mol. The minimum absolute atomic E-state index is 0.475. The molecule has 6 heteroatoms. The second kappa shape index (κ2) is 6.79. The number of nitrogens with one attached hydrogen (secondary N) is 1. The topological polar surface area (TPSA) is 64.1 Å². The van der Waals surface area contributed by atoms with Gasteiger partial charge in [-0.3, -0.25) is 0 Å². The lowest BCUT2D eigenvalue weighted by Crippen LogP contribution is -2.22. The molecule has 0 atom stereocenters. The van der Waals surface area contributed by atoms with Gasteiger partial charge in [0.05, 0.1) is 0 Å². The van der Waals surface area contributed by atoms with Crippen molar-refractivity contribution >= 4 is 17.9 Å². The third-order valence-corrected chi connectivity index (χ3v) is 4.22. The van der Waals surface area contributed by atoms with E-state index in [0.29, 0.717) is 5.75 Å². The van der Waals surface area contributed by atoms with Crippen LogP contribution >= 0.6 is 11.8 Å². The first kappa shape index (κ1) is 16.3. The van der Waals surface area contributed by atoms with E-state index in [1.165, 1.54) is 18.8 Å². The highest BCUT2D eigenvalue weighted by Crippen LogP contribution is 2.33. The molecular formula is C16H19N3O2S. The van der Waals surface area contributed by atoms with Crippen molar-refractivity contribution in [2.45, 2.75) is 37.7 Å². The van der Waals surface area contributed by atoms with Crippen molar-refractivity contribution < 1.29 is 9.53 Å². The van der Waals surface area contributed by atoms with Gasteiger partial charge < -0.3 is 10.1 Å². The summed E-state index contributed by atoms with van der Waals surface area (Å²) >= 11 is 1.52. The largest absolute Gasteiger partial charge is 0.412 e. The molecule has 0 saturated carbocycles. The zero-order valence-corrected chi connectivity index (χ0v) is 14.2. The summed E-state index contributed by atoms with van der Waals surface area (Å²) in [5.74, 6) is 0.528. The highest BCUT2D eigenvalue weighted by Gasteiger charge is 2.11. The number of amides is 1. The first-order chi connectivity index (χ1) is 10.4. The molecule has 0 bridgehead atoms. The van der Waals surface area contributed by atoms with Gasteiger partial charge in [-0.1, -0.05) is 0 Å². The third kappa shape index (κ3) is 3.98. The van der Waals surface area contributed by atoms with Crippen LogP contribution in [-0.2, 0) is 0 Å². The molecule has 2 aromatic rings. The van der Waals surface area contributed by atoms with Crippen molar-refractivity contribution in [1.82, 2.24) is 15.3 Å². The molecule has 116 valence electrons. The molecule has 2 rings (SSSR count). The fourth-order valence-corrected chi connectivity index (χ4v) is 3.12. The first-order valence-corrected chi connectivity index (χ1v) is 7.71. The average molecular weight is 317 g/mol. The molecule has 1 heterocycles. The first-order valence-electron chi connectivity index (χ1n) is 6.90. The van der Waals surface area contributed by atoms with Gasteiger partial charge in [0, 0.05) is 23.3 Å². The molecule has 22 heavy (non-hydrogen) atoms. The maximum atomic E-state index is 11.3. The molecule has 1 amide bonds. The van der Waals surface area contributed by atoms with Crippen LogP contribution in [0.25, 0.3) is 0 Å². The van der Waals surface area contributed by atoms with Crippen LogP contribution in [0.15, 0.2) is 28.3 Å². The van der Waals surface area contributed by atoms with Crippen molar-refractivity contribution in [3.05, 3.63) is 40.7 Å². The van der Waals surface area contributed by atoms with Crippen molar-refractivity contribution in [2.75, 3.05) is 7.05 Å². The van der Waals surface area contributed by atoms with Gasteiger partial charge in [-0.05, 0) is 68.8 Å². The molecule has 0 radical (unpaired) electrons. The fraction of sp³-hybridized carbons (Fsp3) is 0.312. The minimum atomic E-state index is -0.475. The summed E-state index contributed by atoms with van der Waals surface area (Å²) in [5, 5.41) is 3.16. The Morgan fingerprint density at radius 3 is 2.09 bits per heavy atom. The lowest BCUT2D eigenvalue weighted by atomic mass is 10.1. The highest BCUT2D eigenvalue weighted by atomic mass is 32.2. The molecule has 5 nitrogen and oxygen atoms in total. The Balaban J connectivity index is 2.30. The lowest BCUT2D eigenvalue weighted by Gasteiger charge is -2.12. The van der Waals surface area contributed by atoms with E-state index < -0.39 is 6.09 Å². The van der Waals surface area contributed by atoms with Crippen molar-refractivity contribution in [1.29, 1.82) is 0 Å². The average Bonchev–Trinajstić information content (AvgIpc) is 2.41. The van der Waals surface area contributed by atoms with Crippen LogP contribution < -0.4 is 10.1 Å². The van der Waals surface area contributed by atoms with E-state index in [9.17, 15) is 4.79 Å². The van der Waals surface area contributed by atoms with Crippen molar-refractivity contribution in [3.63, 3.8) is 0 Å². The Morgan fingerprint density at radius 1 is 1.05 bits per heavy atom. The van der Waals surface area contributed by atoms with Crippen LogP contribution in [0.3, 0.4) is 0 Å². The van der Waals surface area contributed by atoms with Gasteiger partial charge in [-0.15, -0.1) is 0 Å². The number of ether oxygens (including phenoxy) is 1. The zero-order chi connectivity index (χ0) is 16.3. The summed E-state index contributed by atoms with van der Waals surface area (Å²) in [5.41, 5.74) is 3.94. The fourth-order valence-electron chi connectivity index (χ4n) is 2.12. The van der Waals surface area contributed by atoms with Crippen LogP contribution in [-0.4, -0.2) is 23.1 Å². The number of carbonyl (C=O) groups is 1. The molecule has 0 spiro atoms. The van der Waals surface area contributed by atoms with Gasteiger partial charge in [0.15, 0.2) is 5.16 Å². The number of hydrogen-bond donors (Lipinski definition) is 1. The number of hydrogen-bond acceptors (Lipinski definition) is 5. The number of rotatable bonds is 3. The standard InChI is InChI=1S/C16H19N3O2S/c1-9-6-13(21-16(20)17-5)7-10(2)14(9)22-15-18-11(3)8-12(4)19-15/h6-8H,1-5H3,(H,17,20). The number of aromatic nitrogens is 2. The summed E-state index contributed by atoms with van der Waals surface area (Å²) < 4.78 is 5.18. The smallest absolute Gasteiger partial charge is 0.410 e. The summed E-state index contributed by atoms with van der Waals surface area (Å²) in [6.07, 6.45) is -0.475. The van der Waals surface area contributed by atoms with Gasteiger partial charge >= 0.3 is 6.09 Å². The lowest BCUT2D eigenvalue weighted by molar-refractivity contribution is 0.203. The molecule has 1 N–H and O–H groups in total. The molecule has 0 fully saturated rings. The Bertz CT molecular complexity index is 673. The molecule has 0 aliphatic heterocycles. The number of nitrogens with zero attached hydrogens (tertiary/aromatic N) is 2. The van der Waals surface area contributed by atoms with Crippen molar-refractivity contribution in [3.8, 4) is 5.75 Å². The number of carbonyl (C=O) groups excluding carboxylic acids is 1. The SMILES string of the molecule is CNC(=O)Oc1cc(C)c(Sc2nc(C)cc(C)n2)c(C)c1. The van der Waals surface area contributed by atoms with Crippen LogP contribution in [0.1, 0.15) is 22.5 Å². The Hall–Kier alpha value is -2.08. The Kier molecular flexibility index (Phi) is 5.03. The van der Waals surface area contributed by atoms with Gasteiger partial charge in [0.2, 0.25) is 0 Å². The van der Waals surface area contributed by atoms with E-state index in [0.717, 1.165) is 32.6 Å². The Morgan fingerprint density at radius 2 is 1.59 bits per heavy atom. The predicted molar refractivity (Wildman–Crippen MR) is 86.6 cm³/mol. The summed E-state index contributed by atoms with van der Waals surface area (Å²) in [6, 6.07) is 5.63. The number of aryl methyl sites for hydroxylation is 4. The second-order valence-electron chi connectivity index (χ2n) is 5.06. The van der Waals surface area contributed by atoms with E-state index in [1.807, 2.05) is 45.9 Å². The van der Waals surface area contributed by atoms with E-state index in [4.69, 9.17) is 4.74 Å². The molecular weight excluding hydrogens is 298 g/mol. The third-order valence-electron chi connectivity index (χ3n) is 3.00. The quantitative estimate of drug-likeness (QED) is 0.877.